The van der Waals surface area contributed by atoms with Crippen LogP contribution in [-0.2, 0) is 11.3 Å². The monoisotopic (exact) mass is 432 g/mol. The summed E-state index contributed by atoms with van der Waals surface area (Å²) in [7, 11) is 0. The van der Waals surface area contributed by atoms with Gasteiger partial charge in [0.05, 0.1) is 6.61 Å². The first-order valence-electron chi connectivity index (χ1n) is 9.14. The molecule has 0 fully saturated rings. The van der Waals surface area contributed by atoms with E-state index < -0.39 is 0 Å². The molecule has 0 atom stereocenters. The summed E-state index contributed by atoms with van der Waals surface area (Å²) in [4.78, 5) is 23.7. The van der Waals surface area contributed by atoms with Crippen molar-refractivity contribution in [3.05, 3.63) is 69.1 Å². The van der Waals surface area contributed by atoms with Crippen LogP contribution in [0.5, 0.6) is 5.75 Å². The molecule has 27 heavy (non-hydrogen) atoms. The van der Waals surface area contributed by atoms with Crippen molar-refractivity contribution in [1.82, 2.24) is 9.88 Å². The Morgan fingerprint density at radius 2 is 2.04 bits per heavy atom. The Kier molecular flexibility index (Phi) is 8.84. The van der Waals surface area contributed by atoms with Crippen molar-refractivity contribution in [2.45, 2.75) is 32.7 Å². The third-order valence-corrected chi connectivity index (χ3v) is 4.34. The van der Waals surface area contributed by atoms with Crippen molar-refractivity contribution in [3.63, 3.8) is 0 Å². The van der Waals surface area contributed by atoms with Gasteiger partial charge in [0.2, 0.25) is 5.91 Å². The van der Waals surface area contributed by atoms with E-state index in [9.17, 15) is 9.59 Å². The minimum Gasteiger partial charge on any atom is -0.493 e. The molecule has 1 heterocycles. The number of pyridine rings is 1. The zero-order valence-corrected chi connectivity index (χ0v) is 17.1. The highest BCUT2D eigenvalue weighted by Crippen LogP contribution is 2.19. The number of rotatable bonds is 10. The van der Waals surface area contributed by atoms with Gasteiger partial charge in [0.15, 0.2) is 0 Å². The maximum Gasteiger partial charge on any atom is 0.250 e. The molecule has 2 aromatic rings. The van der Waals surface area contributed by atoms with Gasteiger partial charge in [0.1, 0.15) is 5.75 Å². The molecule has 1 aromatic heterocycles. The fraction of sp³-hybridized carbons (Fsp3) is 0.333. The predicted octanol–water partition coefficient (Wildman–Crippen LogP) is 4.01. The highest BCUT2D eigenvalue weighted by molar-refractivity contribution is 9.10. The summed E-state index contributed by atoms with van der Waals surface area (Å²) in [6.07, 6.45) is 7.61. The van der Waals surface area contributed by atoms with Gasteiger partial charge in [-0.15, -0.1) is 0 Å². The number of amides is 1. The van der Waals surface area contributed by atoms with Gasteiger partial charge < -0.3 is 14.6 Å². The lowest BCUT2D eigenvalue weighted by Gasteiger charge is -2.08. The van der Waals surface area contributed by atoms with E-state index in [1.54, 1.807) is 29.0 Å². The standard InChI is InChI=1S/C21H25BrN2O3/c1-2-15-27-19-8-4-3-7-17(19)9-11-20(25)23-13-5-6-14-24-16-18(22)10-12-21(24)26/h3-4,7-12,16H,2,5-6,13-15H2,1H3,(H,23,25)/b11-9+. The number of unbranched alkanes of at least 4 members (excludes halogenated alkanes) is 1. The van der Waals surface area contributed by atoms with Crippen LogP contribution in [0.4, 0.5) is 0 Å². The molecule has 0 aliphatic heterocycles. The molecule has 0 saturated heterocycles. The van der Waals surface area contributed by atoms with Gasteiger partial charge >= 0.3 is 0 Å². The summed E-state index contributed by atoms with van der Waals surface area (Å²) in [5.74, 6) is 0.641. The molecule has 5 nitrogen and oxygen atoms in total. The lowest BCUT2D eigenvalue weighted by Crippen LogP contribution is -2.23. The van der Waals surface area contributed by atoms with Crippen molar-refractivity contribution in [3.8, 4) is 5.75 Å². The number of aryl methyl sites for hydroxylation is 1. The minimum absolute atomic E-state index is 0.0193. The normalized spacial score (nSPS) is 10.9. The zero-order chi connectivity index (χ0) is 19.5. The third kappa shape index (κ3) is 7.43. The number of hydrogen-bond donors (Lipinski definition) is 1. The van der Waals surface area contributed by atoms with Gasteiger partial charge in [-0.25, -0.2) is 0 Å². The smallest absolute Gasteiger partial charge is 0.250 e. The Balaban J connectivity index is 1.74. The van der Waals surface area contributed by atoms with Crippen LogP contribution in [0.3, 0.4) is 0 Å². The summed E-state index contributed by atoms with van der Waals surface area (Å²) >= 11 is 3.36. The second-order valence-electron chi connectivity index (χ2n) is 6.10. The molecule has 0 saturated carbocycles. The second kappa shape index (κ2) is 11.4. The highest BCUT2D eigenvalue weighted by Gasteiger charge is 2.01. The topological polar surface area (TPSA) is 60.3 Å². The number of hydrogen-bond acceptors (Lipinski definition) is 3. The van der Waals surface area contributed by atoms with Crippen LogP contribution < -0.4 is 15.6 Å². The summed E-state index contributed by atoms with van der Waals surface area (Å²) in [6.45, 7) is 3.91. The molecule has 0 aliphatic rings. The van der Waals surface area contributed by atoms with E-state index in [0.717, 1.165) is 35.0 Å². The van der Waals surface area contributed by atoms with E-state index in [-0.39, 0.29) is 11.5 Å². The Hall–Kier alpha value is -2.34. The molecule has 2 rings (SSSR count). The number of carbonyl (C=O) groups excluding carboxylic acids is 1. The molecule has 6 heteroatoms. The molecule has 0 bridgehead atoms. The number of carbonyl (C=O) groups is 1. The van der Waals surface area contributed by atoms with Crippen LogP contribution in [0.1, 0.15) is 31.7 Å². The fourth-order valence-electron chi connectivity index (χ4n) is 2.48. The van der Waals surface area contributed by atoms with Crippen molar-refractivity contribution >= 4 is 27.9 Å². The van der Waals surface area contributed by atoms with Crippen molar-refractivity contribution in [1.29, 1.82) is 0 Å². The van der Waals surface area contributed by atoms with Gasteiger partial charge in [-0.1, -0.05) is 25.1 Å². The summed E-state index contributed by atoms with van der Waals surface area (Å²) in [5.41, 5.74) is 0.865. The predicted molar refractivity (Wildman–Crippen MR) is 112 cm³/mol. The molecular weight excluding hydrogens is 408 g/mol. The van der Waals surface area contributed by atoms with Gasteiger partial charge in [-0.2, -0.15) is 0 Å². The lowest BCUT2D eigenvalue weighted by atomic mass is 10.2. The van der Waals surface area contributed by atoms with Crippen LogP contribution in [0.25, 0.3) is 6.08 Å². The van der Waals surface area contributed by atoms with Gasteiger partial charge in [-0.05, 0) is 53.4 Å². The van der Waals surface area contributed by atoms with Crippen LogP contribution in [0, 0.1) is 0 Å². The van der Waals surface area contributed by atoms with Crippen LogP contribution in [0.15, 0.2) is 57.9 Å². The average molecular weight is 433 g/mol. The molecule has 1 amide bonds. The number of halogens is 1. The first-order valence-corrected chi connectivity index (χ1v) is 9.93. The van der Waals surface area contributed by atoms with Crippen LogP contribution in [0.2, 0.25) is 0 Å². The summed E-state index contributed by atoms with van der Waals surface area (Å²) in [6, 6.07) is 10.9. The van der Waals surface area contributed by atoms with Crippen molar-refractivity contribution in [2.24, 2.45) is 0 Å². The first-order chi connectivity index (χ1) is 13.1. The Morgan fingerprint density at radius 1 is 1.22 bits per heavy atom. The van der Waals surface area contributed by atoms with Crippen LogP contribution >= 0.6 is 15.9 Å². The van der Waals surface area contributed by atoms with Crippen molar-refractivity contribution < 1.29 is 9.53 Å². The Labute approximate surface area is 168 Å². The molecule has 0 unspecified atom stereocenters. The molecule has 0 aliphatic carbocycles. The SMILES string of the molecule is CCCOc1ccccc1/C=C/C(=O)NCCCCn1cc(Br)ccc1=O. The van der Waals surface area contributed by atoms with E-state index in [0.29, 0.717) is 19.7 Å². The van der Waals surface area contributed by atoms with E-state index >= 15 is 0 Å². The Morgan fingerprint density at radius 3 is 2.85 bits per heavy atom. The van der Waals surface area contributed by atoms with Crippen LogP contribution in [-0.4, -0.2) is 23.6 Å². The van der Waals surface area contributed by atoms with E-state index in [4.69, 9.17) is 4.74 Å². The molecule has 0 spiro atoms. The number of nitrogens with zero attached hydrogens (tertiary/aromatic N) is 1. The number of nitrogens with one attached hydrogen (secondary N) is 1. The summed E-state index contributed by atoms with van der Waals surface area (Å²) in [5, 5.41) is 2.86. The maximum atomic E-state index is 12.0. The van der Waals surface area contributed by atoms with Gasteiger partial charge in [0.25, 0.3) is 5.56 Å². The number of para-hydroxylation sites is 1. The maximum absolute atomic E-state index is 12.0. The zero-order valence-electron chi connectivity index (χ0n) is 15.5. The van der Waals surface area contributed by atoms with E-state index in [1.807, 2.05) is 24.3 Å². The van der Waals surface area contributed by atoms with Gasteiger partial charge in [0, 0.05) is 41.5 Å². The van der Waals surface area contributed by atoms with Gasteiger partial charge in [-0.3, -0.25) is 9.59 Å². The molecule has 1 aromatic carbocycles. The summed E-state index contributed by atoms with van der Waals surface area (Å²) < 4.78 is 8.22. The third-order valence-electron chi connectivity index (χ3n) is 3.87. The molecule has 0 radical (unpaired) electrons. The Bertz CT molecular complexity index is 830. The molecule has 1 N–H and O–H groups in total. The number of aromatic nitrogens is 1. The number of benzene rings is 1. The lowest BCUT2D eigenvalue weighted by molar-refractivity contribution is -0.116. The molecule has 144 valence electrons. The van der Waals surface area contributed by atoms with E-state index in [1.165, 1.54) is 6.08 Å². The largest absolute Gasteiger partial charge is 0.493 e. The average Bonchev–Trinajstić information content (AvgIpc) is 2.67. The fourth-order valence-corrected chi connectivity index (χ4v) is 2.86. The van der Waals surface area contributed by atoms with E-state index in [2.05, 4.69) is 28.2 Å². The number of ether oxygens (including phenoxy) is 1. The second-order valence-corrected chi connectivity index (χ2v) is 7.01. The minimum atomic E-state index is -0.139. The quantitative estimate of drug-likeness (QED) is 0.455. The van der Waals surface area contributed by atoms with Crippen molar-refractivity contribution in [2.75, 3.05) is 13.2 Å². The first kappa shape index (κ1) is 21.0. The highest BCUT2D eigenvalue weighted by atomic mass is 79.9. The molecular formula is C21H25BrN2O3.